The number of rotatable bonds is 7. The molecule has 3 nitrogen and oxygen atoms in total. The second kappa shape index (κ2) is 6.34. The first kappa shape index (κ1) is 15.2. The normalized spacial score (nSPS) is 12.1. The lowest BCUT2D eigenvalue weighted by Crippen LogP contribution is -2.32. The number of hydrogen-bond donors (Lipinski definition) is 2. The summed E-state index contributed by atoms with van der Waals surface area (Å²) in [4.78, 5) is 12.7. The average Bonchev–Trinajstić information content (AvgIpc) is 2.64. The van der Waals surface area contributed by atoms with Gasteiger partial charge in [-0.15, -0.1) is 11.3 Å². The molecule has 0 bridgehead atoms. The summed E-state index contributed by atoms with van der Waals surface area (Å²) in [6.45, 7) is 10.8. The third-order valence-corrected chi connectivity index (χ3v) is 4.57. The van der Waals surface area contributed by atoms with E-state index in [0.717, 1.165) is 18.0 Å². The predicted molar refractivity (Wildman–Crippen MR) is 76.0 cm³/mol. The maximum atomic E-state index is 10.6. The molecule has 18 heavy (non-hydrogen) atoms. The second-order valence-corrected chi connectivity index (χ2v) is 6.94. The van der Waals surface area contributed by atoms with Gasteiger partial charge in [0.2, 0.25) is 0 Å². The molecule has 0 atom stereocenters. The average molecular weight is 269 g/mol. The quantitative estimate of drug-likeness (QED) is 0.799. The van der Waals surface area contributed by atoms with Crippen LogP contribution in [0.3, 0.4) is 0 Å². The maximum absolute atomic E-state index is 10.6. The molecule has 0 aliphatic rings. The molecule has 4 heteroatoms. The zero-order chi connectivity index (χ0) is 13.8. The highest BCUT2D eigenvalue weighted by atomic mass is 32.1. The summed E-state index contributed by atoms with van der Waals surface area (Å²) in [5, 5.41) is 12.2. The van der Waals surface area contributed by atoms with Gasteiger partial charge >= 0.3 is 5.97 Å². The summed E-state index contributed by atoms with van der Waals surface area (Å²) < 4.78 is 0. The van der Waals surface area contributed by atoms with Crippen LogP contribution in [-0.2, 0) is 17.8 Å². The van der Waals surface area contributed by atoms with Crippen molar-refractivity contribution < 1.29 is 9.90 Å². The van der Waals surface area contributed by atoms with Crippen LogP contribution in [0, 0.1) is 11.3 Å². The standard InChI is InChI=1S/C14H23NO2S/c1-10(2)14(3,4)9-15-8-12-6-5-11(18-12)7-13(16)17/h5-6,10,15H,7-9H2,1-4H3,(H,16,17). The van der Waals surface area contributed by atoms with Crippen LogP contribution >= 0.6 is 11.3 Å². The molecule has 1 heterocycles. The van der Waals surface area contributed by atoms with Gasteiger partial charge in [-0.2, -0.15) is 0 Å². The number of carbonyl (C=O) groups is 1. The molecule has 0 unspecified atom stereocenters. The van der Waals surface area contributed by atoms with Gasteiger partial charge in [-0.1, -0.05) is 27.7 Å². The van der Waals surface area contributed by atoms with Crippen molar-refractivity contribution >= 4 is 17.3 Å². The van der Waals surface area contributed by atoms with E-state index in [4.69, 9.17) is 5.11 Å². The number of carboxylic acids is 1. The lowest BCUT2D eigenvalue weighted by atomic mass is 9.81. The molecule has 0 aliphatic carbocycles. The zero-order valence-electron chi connectivity index (χ0n) is 11.6. The third-order valence-electron chi connectivity index (χ3n) is 3.49. The van der Waals surface area contributed by atoms with Crippen LogP contribution < -0.4 is 5.32 Å². The molecule has 1 rings (SSSR count). The van der Waals surface area contributed by atoms with Crippen molar-refractivity contribution in [1.29, 1.82) is 0 Å². The molecule has 0 saturated carbocycles. The minimum atomic E-state index is -0.766. The van der Waals surface area contributed by atoms with Crippen molar-refractivity contribution in [1.82, 2.24) is 5.32 Å². The predicted octanol–water partition coefficient (Wildman–Crippen LogP) is 3.15. The highest BCUT2D eigenvalue weighted by Gasteiger charge is 2.21. The summed E-state index contributed by atoms with van der Waals surface area (Å²) in [7, 11) is 0. The lowest BCUT2D eigenvalue weighted by Gasteiger charge is -2.29. The number of thiophene rings is 1. The molecule has 0 spiro atoms. The Hall–Kier alpha value is -0.870. The summed E-state index contributed by atoms with van der Waals surface area (Å²) >= 11 is 1.58. The summed E-state index contributed by atoms with van der Waals surface area (Å²) in [6, 6.07) is 3.92. The van der Waals surface area contributed by atoms with Gasteiger partial charge in [0.05, 0.1) is 6.42 Å². The first-order valence-corrected chi connectivity index (χ1v) is 7.13. The fourth-order valence-corrected chi connectivity index (χ4v) is 2.45. The monoisotopic (exact) mass is 269 g/mol. The number of hydrogen-bond acceptors (Lipinski definition) is 3. The molecule has 0 amide bonds. The molecule has 0 radical (unpaired) electrons. The van der Waals surface area contributed by atoms with Crippen molar-refractivity contribution in [3.05, 3.63) is 21.9 Å². The first-order valence-electron chi connectivity index (χ1n) is 6.31. The van der Waals surface area contributed by atoms with Crippen molar-refractivity contribution in [3.8, 4) is 0 Å². The Morgan fingerprint density at radius 2 is 2.00 bits per heavy atom. The molecule has 2 N–H and O–H groups in total. The molecule has 102 valence electrons. The van der Waals surface area contributed by atoms with E-state index in [-0.39, 0.29) is 11.8 Å². The smallest absolute Gasteiger partial charge is 0.308 e. The molecule has 1 aromatic heterocycles. The largest absolute Gasteiger partial charge is 0.481 e. The van der Waals surface area contributed by atoms with E-state index < -0.39 is 5.97 Å². The van der Waals surface area contributed by atoms with Crippen LogP contribution in [0.2, 0.25) is 0 Å². The third kappa shape index (κ3) is 4.78. The number of carboxylic acid groups (broad SMARTS) is 1. The van der Waals surface area contributed by atoms with Crippen LogP contribution in [0.4, 0.5) is 0 Å². The zero-order valence-corrected chi connectivity index (χ0v) is 12.4. The SMILES string of the molecule is CC(C)C(C)(C)CNCc1ccc(CC(=O)O)s1. The lowest BCUT2D eigenvalue weighted by molar-refractivity contribution is -0.136. The van der Waals surface area contributed by atoms with Gasteiger partial charge in [-0.05, 0) is 23.5 Å². The molecular formula is C14H23NO2S. The van der Waals surface area contributed by atoms with Crippen LogP contribution in [0.15, 0.2) is 12.1 Å². The Morgan fingerprint density at radius 3 is 2.56 bits per heavy atom. The Labute approximate surface area is 113 Å². The van der Waals surface area contributed by atoms with Gasteiger partial charge in [0.1, 0.15) is 0 Å². The fourth-order valence-electron chi connectivity index (χ4n) is 1.47. The molecule has 0 fully saturated rings. The van der Waals surface area contributed by atoms with Crippen LogP contribution in [0.5, 0.6) is 0 Å². The Morgan fingerprint density at radius 1 is 1.39 bits per heavy atom. The van der Waals surface area contributed by atoms with E-state index in [9.17, 15) is 4.79 Å². The molecule has 0 aromatic carbocycles. The van der Waals surface area contributed by atoms with Crippen LogP contribution in [0.25, 0.3) is 0 Å². The van der Waals surface area contributed by atoms with Gasteiger partial charge < -0.3 is 10.4 Å². The second-order valence-electron chi connectivity index (χ2n) is 5.69. The molecule has 1 aromatic rings. The fraction of sp³-hybridized carbons (Fsp3) is 0.643. The topological polar surface area (TPSA) is 49.3 Å². The van der Waals surface area contributed by atoms with Gasteiger partial charge in [0.25, 0.3) is 0 Å². The summed E-state index contributed by atoms with van der Waals surface area (Å²) in [5.74, 6) is -0.131. The maximum Gasteiger partial charge on any atom is 0.308 e. The summed E-state index contributed by atoms with van der Waals surface area (Å²) in [6.07, 6.45) is 0.127. The van der Waals surface area contributed by atoms with Gasteiger partial charge in [-0.25, -0.2) is 0 Å². The van der Waals surface area contributed by atoms with Crippen molar-refractivity contribution in [2.24, 2.45) is 11.3 Å². The molecule has 0 aliphatic heterocycles. The van der Waals surface area contributed by atoms with Crippen molar-refractivity contribution in [2.75, 3.05) is 6.54 Å². The molecule has 0 saturated heterocycles. The van der Waals surface area contributed by atoms with E-state index in [1.807, 2.05) is 12.1 Å². The Bertz CT molecular complexity index is 396. The number of aliphatic carboxylic acids is 1. The van der Waals surface area contributed by atoms with Crippen LogP contribution in [0.1, 0.15) is 37.4 Å². The van der Waals surface area contributed by atoms with E-state index >= 15 is 0 Å². The van der Waals surface area contributed by atoms with Gasteiger partial charge in [0.15, 0.2) is 0 Å². The Kier molecular flexibility index (Phi) is 5.35. The number of nitrogens with one attached hydrogen (secondary N) is 1. The van der Waals surface area contributed by atoms with E-state index in [1.165, 1.54) is 4.88 Å². The highest BCUT2D eigenvalue weighted by Crippen LogP contribution is 2.25. The molecular weight excluding hydrogens is 246 g/mol. The van der Waals surface area contributed by atoms with Gasteiger partial charge in [0, 0.05) is 22.8 Å². The minimum Gasteiger partial charge on any atom is -0.481 e. The first-order chi connectivity index (χ1) is 8.31. The highest BCUT2D eigenvalue weighted by molar-refractivity contribution is 7.12. The minimum absolute atomic E-state index is 0.127. The summed E-state index contributed by atoms with van der Waals surface area (Å²) in [5.41, 5.74) is 0.279. The van der Waals surface area contributed by atoms with Crippen molar-refractivity contribution in [2.45, 2.75) is 40.7 Å². The van der Waals surface area contributed by atoms with E-state index in [1.54, 1.807) is 11.3 Å². The van der Waals surface area contributed by atoms with Crippen molar-refractivity contribution in [3.63, 3.8) is 0 Å². The van der Waals surface area contributed by atoms with Crippen LogP contribution in [-0.4, -0.2) is 17.6 Å². The Balaban J connectivity index is 2.40. The van der Waals surface area contributed by atoms with E-state index in [2.05, 4.69) is 33.0 Å². The van der Waals surface area contributed by atoms with E-state index in [0.29, 0.717) is 5.92 Å². The van der Waals surface area contributed by atoms with Gasteiger partial charge in [-0.3, -0.25) is 4.79 Å².